The van der Waals surface area contributed by atoms with Gasteiger partial charge in [-0.3, -0.25) is 0 Å². The number of rotatable bonds is 2. The van der Waals surface area contributed by atoms with Crippen molar-refractivity contribution in [2.75, 3.05) is 23.7 Å². The van der Waals surface area contributed by atoms with Gasteiger partial charge < -0.3 is 15.7 Å². The molecule has 104 valence electrons. The van der Waals surface area contributed by atoms with Crippen molar-refractivity contribution in [1.29, 1.82) is 0 Å². The number of nitrogens with two attached hydrogens (primary N) is 1. The van der Waals surface area contributed by atoms with E-state index < -0.39 is 5.97 Å². The van der Waals surface area contributed by atoms with E-state index in [4.69, 9.17) is 10.8 Å². The van der Waals surface area contributed by atoms with Crippen LogP contribution in [0, 0.1) is 11.3 Å². The summed E-state index contributed by atoms with van der Waals surface area (Å²) in [5.41, 5.74) is 8.03. The zero-order chi connectivity index (χ0) is 14.2. The van der Waals surface area contributed by atoms with Gasteiger partial charge in [0.2, 0.25) is 0 Å². The predicted octanol–water partition coefficient (Wildman–Crippen LogP) is 2.84. The van der Waals surface area contributed by atoms with Crippen molar-refractivity contribution in [3.05, 3.63) is 23.8 Å². The Labute approximate surface area is 114 Å². The Hall–Kier alpha value is -1.71. The average molecular weight is 262 g/mol. The van der Waals surface area contributed by atoms with Crippen LogP contribution in [-0.2, 0) is 0 Å². The Morgan fingerprint density at radius 3 is 2.58 bits per heavy atom. The summed E-state index contributed by atoms with van der Waals surface area (Å²) < 4.78 is 0. The van der Waals surface area contributed by atoms with Crippen molar-refractivity contribution in [2.24, 2.45) is 11.3 Å². The first-order valence-electron chi connectivity index (χ1n) is 6.67. The lowest BCUT2D eigenvalue weighted by atomic mass is 9.80. The van der Waals surface area contributed by atoms with Crippen LogP contribution in [0.4, 0.5) is 11.4 Å². The monoisotopic (exact) mass is 262 g/mol. The van der Waals surface area contributed by atoms with Crippen LogP contribution in [0.5, 0.6) is 0 Å². The highest BCUT2D eigenvalue weighted by Gasteiger charge is 2.32. The van der Waals surface area contributed by atoms with Gasteiger partial charge in [-0.2, -0.15) is 0 Å². The normalized spacial score (nSPS) is 19.7. The molecular formula is C15H22N2O2. The van der Waals surface area contributed by atoms with Crippen molar-refractivity contribution in [1.82, 2.24) is 0 Å². The highest BCUT2D eigenvalue weighted by molar-refractivity contribution is 5.90. The van der Waals surface area contributed by atoms with Gasteiger partial charge in [-0.25, -0.2) is 4.79 Å². The smallest absolute Gasteiger partial charge is 0.335 e. The minimum Gasteiger partial charge on any atom is -0.478 e. The molecule has 19 heavy (non-hydrogen) atoms. The second-order valence-electron chi connectivity index (χ2n) is 6.38. The topological polar surface area (TPSA) is 66.6 Å². The van der Waals surface area contributed by atoms with Crippen molar-refractivity contribution in [2.45, 2.75) is 27.2 Å². The van der Waals surface area contributed by atoms with Gasteiger partial charge in [-0.15, -0.1) is 0 Å². The van der Waals surface area contributed by atoms with Gasteiger partial charge in [0, 0.05) is 13.1 Å². The van der Waals surface area contributed by atoms with E-state index in [1.165, 1.54) is 0 Å². The Balaban J connectivity index is 2.18. The summed E-state index contributed by atoms with van der Waals surface area (Å²) in [7, 11) is 0. The first-order chi connectivity index (χ1) is 8.79. The quantitative estimate of drug-likeness (QED) is 0.804. The summed E-state index contributed by atoms with van der Waals surface area (Å²) >= 11 is 0. The van der Waals surface area contributed by atoms with E-state index >= 15 is 0 Å². The fourth-order valence-corrected chi connectivity index (χ4v) is 2.66. The lowest BCUT2D eigenvalue weighted by Gasteiger charge is -2.28. The van der Waals surface area contributed by atoms with Gasteiger partial charge in [-0.1, -0.05) is 20.8 Å². The molecule has 0 radical (unpaired) electrons. The Kier molecular flexibility index (Phi) is 3.43. The summed E-state index contributed by atoms with van der Waals surface area (Å²) in [6, 6.07) is 4.99. The molecule has 1 aromatic rings. The zero-order valence-electron chi connectivity index (χ0n) is 11.8. The first-order valence-corrected chi connectivity index (χ1v) is 6.67. The van der Waals surface area contributed by atoms with Crippen LogP contribution >= 0.6 is 0 Å². The van der Waals surface area contributed by atoms with E-state index in [-0.39, 0.29) is 5.56 Å². The average Bonchev–Trinajstić information content (AvgIpc) is 2.77. The number of carboxylic acids is 1. The number of carbonyl (C=O) groups is 1. The Bertz CT molecular complexity index is 491. The predicted molar refractivity (Wildman–Crippen MR) is 77.6 cm³/mol. The minimum atomic E-state index is -0.938. The maximum absolute atomic E-state index is 10.9. The number of carboxylic acid groups (broad SMARTS) is 1. The fourth-order valence-electron chi connectivity index (χ4n) is 2.66. The number of anilines is 2. The number of nitrogens with zero attached hydrogens (tertiary/aromatic N) is 1. The van der Waals surface area contributed by atoms with Crippen LogP contribution in [0.25, 0.3) is 0 Å². The van der Waals surface area contributed by atoms with Gasteiger partial charge in [0.1, 0.15) is 0 Å². The third-order valence-electron chi connectivity index (χ3n) is 4.03. The molecule has 0 bridgehead atoms. The molecule has 0 amide bonds. The summed E-state index contributed by atoms with van der Waals surface area (Å²) in [6.07, 6.45) is 1.16. The zero-order valence-corrected chi connectivity index (χ0v) is 11.8. The summed E-state index contributed by atoms with van der Waals surface area (Å²) in [6.45, 7) is 8.76. The number of hydrogen-bond donors (Lipinski definition) is 2. The minimum absolute atomic E-state index is 0.243. The first kappa shape index (κ1) is 13.7. The molecule has 3 N–H and O–H groups in total. The molecule has 1 fully saturated rings. The highest BCUT2D eigenvalue weighted by atomic mass is 16.4. The molecule has 1 atom stereocenters. The number of aromatic carboxylic acids is 1. The van der Waals surface area contributed by atoms with Gasteiger partial charge >= 0.3 is 5.97 Å². The number of nitrogen functional groups attached to an aromatic ring is 1. The molecule has 1 unspecified atom stereocenters. The number of benzene rings is 1. The molecule has 4 heteroatoms. The molecule has 1 saturated heterocycles. The van der Waals surface area contributed by atoms with Crippen LogP contribution in [0.2, 0.25) is 0 Å². The van der Waals surface area contributed by atoms with Crippen LogP contribution in [-0.4, -0.2) is 24.2 Å². The summed E-state index contributed by atoms with van der Waals surface area (Å²) in [5, 5.41) is 8.95. The Morgan fingerprint density at radius 1 is 1.42 bits per heavy atom. The van der Waals surface area contributed by atoms with Crippen LogP contribution < -0.4 is 10.6 Å². The van der Waals surface area contributed by atoms with Crippen LogP contribution in [0.3, 0.4) is 0 Å². The van der Waals surface area contributed by atoms with Crippen LogP contribution in [0.1, 0.15) is 37.6 Å². The van der Waals surface area contributed by atoms with E-state index in [9.17, 15) is 4.79 Å². The van der Waals surface area contributed by atoms with Crippen molar-refractivity contribution in [3.63, 3.8) is 0 Å². The third kappa shape index (κ3) is 2.83. The molecule has 0 aromatic heterocycles. The van der Waals surface area contributed by atoms with Crippen molar-refractivity contribution < 1.29 is 9.90 Å². The summed E-state index contributed by atoms with van der Waals surface area (Å²) in [4.78, 5) is 13.2. The molecule has 2 rings (SSSR count). The maximum Gasteiger partial charge on any atom is 0.335 e. The lowest BCUT2D eigenvalue weighted by molar-refractivity contribution is 0.0697. The van der Waals surface area contributed by atoms with Crippen molar-refractivity contribution >= 4 is 17.3 Å². The summed E-state index contributed by atoms with van der Waals surface area (Å²) in [5.74, 6) is -0.293. The molecule has 1 aliphatic heterocycles. The Morgan fingerprint density at radius 2 is 2.11 bits per heavy atom. The molecule has 1 aliphatic rings. The highest BCUT2D eigenvalue weighted by Crippen LogP contribution is 2.37. The lowest BCUT2D eigenvalue weighted by Crippen LogP contribution is -2.26. The number of hydrogen-bond acceptors (Lipinski definition) is 3. The van der Waals surface area contributed by atoms with E-state index in [0.29, 0.717) is 17.0 Å². The van der Waals surface area contributed by atoms with Gasteiger partial charge in [0.05, 0.1) is 16.9 Å². The van der Waals surface area contributed by atoms with Gasteiger partial charge in [0.25, 0.3) is 0 Å². The van der Waals surface area contributed by atoms with E-state index in [1.807, 2.05) is 6.07 Å². The fraction of sp³-hybridized carbons (Fsp3) is 0.533. The molecule has 1 heterocycles. The van der Waals surface area contributed by atoms with Gasteiger partial charge in [-0.05, 0) is 36.0 Å². The molecule has 0 saturated carbocycles. The molecule has 0 aliphatic carbocycles. The maximum atomic E-state index is 10.9. The molecular weight excluding hydrogens is 240 g/mol. The second kappa shape index (κ2) is 4.76. The van der Waals surface area contributed by atoms with E-state index in [0.717, 1.165) is 25.2 Å². The second-order valence-corrected chi connectivity index (χ2v) is 6.38. The third-order valence-corrected chi connectivity index (χ3v) is 4.03. The SMILES string of the molecule is CC(C)(C)C1CCN(c2ccc(C(=O)O)cc2N)C1. The van der Waals surface area contributed by atoms with Gasteiger partial charge in [0.15, 0.2) is 0 Å². The largest absolute Gasteiger partial charge is 0.478 e. The van der Waals surface area contributed by atoms with Crippen molar-refractivity contribution in [3.8, 4) is 0 Å². The van der Waals surface area contributed by atoms with E-state index in [2.05, 4.69) is 25.7 Å². The molecule has 0 spiro atoms. The molecule has 1 aromatic carbocycles. The standard InChI is InChI=1S/C15H22N2O2/c1-15(2,3)11-6-7-17(9-11)13-5-4-10(14(18)19)8-12(13)16/h4-5,8,11H,6-7,9,16H2,1-3H3,(H,18,19). The molecule has 4 nitrogen and oxygen atoms in total. The van der Waals surface area contributed by atoms with Crippen LogP contribution in [0.15, 0.2) is 18.2 Å². The van der Waals surface area contributed by atoms with E-state index in [1.54, 1.807) is 12.1 Å².